The summed E-state index contributed by atoms with van der Waals surface area (Å²) in [5.41, 5.74) is 8.90. The average molecular weight is 582 g/mol. The highest BCUT2D eigenvalue weighted by atomic mass is 28.3. The van der Waals surface area contributed by atoms with Crippen LogP contribution in [0.2, 0.25) is 25.7 Å². The number of rotatable bonds is 11. The molecule has 0 spiro atoms. The lowest BCUT2D eigenvalue weighted by Crippen LogP contribution is -2.49. The molecule has 2 aromatic heterocycles. The van der Waals surface area contributed by atoms with Gasteiger partial charge in [0.05, 0.1) is 18.7 Å². The van der Waals surface area contributed by atoms with Crippen molar-refractivity contribution in [3.8, 4) is 17.1 Å². The highest BCUT2D eigenvalue weighted by Gasteiger charge is 2.34. The maximum Gasteiger partial charge on any atom is 0.254 e. The number of piperidine rings is 1. The van der Waals surface area contributed by atoms with Gasteiger partial charge in [-0.15, -0.1) is 0 Å². The standard InChI is InChI=1S/C30H40FN5O4Si/c1-20-6-8-22(9-7-20)14-28(37)35-11-10-27(25(31)17-35)40-30-24(29(32)38)15-23(16-33-30)26-18-36(21(2)34-26)19-39-12-13-41(3,4)5/h6-9,15-16,18,25,27H,10-14,17,19H2,1-5H3,(H2,32,38)/t25-,27+/m1/s1. The van der Waals surface area contributed by atoms with E-state index in [0.29, 0.717) is 31.1 Å². The number of ether oxygens (including phenoxy) is 2. The van der Waals surface area contributed by atoms with Crippen LogP contribution in [0.5, 0.6) is 5.88 Å². The Bertz CT molecular complexity index is 1370. The van der Waals surface area contributed by atoms with Gasteiger partial charge in [-0.25, -0.2) is 14.4 Å². The molecule has 1 aromatic carbocycles. The van der Waals surface area contributed by atoms with Crippen molar-refractivity contribution < 1.29 is 23.5 Å². The maximum absolute atomic E-state index is 15.2. The molecule has 11 heteroatoms. The fourth-order valence-electron chi connectivity index (χ4n) is 4.56. The SMILES string of the molecule is Cc1ccc(CC(=O)N2CC[C@H](Oc3ncc(-c4cn(COCC[Si](C)(C)C)c(C)n4)cc3C(N)=O)[C@H](F)C2)cc1. The van der Waals surface area contributed by atoms with Crippen LogP contribution in [-0.4, -0.2) is 71.3 Å². The minimum absolute atomic E-state index is 0.0285. The lowest BCUT2D eigenvalue weighted by molar-refractivity contribution is -0.134. The molecule has 0 saturated carbocycles. The number of primary amides is 1. The molecule has 0 aliphatic carbocycles. The number of likely N-dealkylation sites (tertiary alicyclic amines) is 1. The van der Waals surface area contributed by atoms with Crippen LogP contribution in [-0.2, 0) is 22.7 Å². The Morgan fingerprint density at radius 2 is 1.90 bits per heavy atom. The van der Waals surface area contributed by atoms with Crippen molar-refractivity contribution in [2.24, 2.45) is 5.73 Å². The summed E-state index contributed by atoms with van der Waals surface area (Å²) in [6.07, 6.45) is 1.56. The van der Waals surface area contributed by atoms with Crippen LogP contribution in [0, 0.1) is 13.8 Å². The first kappa shape index (κ1) is 30.4. The zero-order valence-corrected chi connectivity index (χ0v) is 25.5. The van der Waals surface area contributed by atoms with Crippen molar-refractivity contribution in [1.82, 2.24) is 19.4 Å². The van der Waals surface area contributed by atoms with Crippen LogP contribution >= 0.6 is 0 Å². The smallest absolute Gasteiger partial charge is 0.254 e. The monoisotopic (exact) mass is 581 g/mol. The lowest BCUT2D eigenvalue weighted by Gasteiger charge is -2.34. The molecule has 2 amide bonds. The van der Waals surface area contributed by atoms with E-state index in [9.17, 15) is 9.59 Å². The van der Waals surface area contributed by atoms with Gasteiger partial charge in [-0.05, 0) is 31.5 Å². The van der Waals surface area contributed by atoms with E-state index in [1.807, 2.05) is 48.9 Å². The van der Waals surface area contributed by atoms with Gasteiger partial charge in [0.25, 0.3) is 5.91 Å². The molecule has 2 N–H and O–H groups in total. The second-order valence-electron chi connectivity index (χ2n) is 11.9. The first-order valence-electron chi connectivity index (χ1n) is 14.0. The van der Waals surface area contributed by atoms with Crippen LogP contribution in [0.3, 0.4) is 0 Å². The maximum atomic E-state index is 15.2. The number of benzene rings is 1. The number of nitrogens with two attached hydrogens (primary N) is 1. The van der Waals surface area contributed by atoms with Crippen LogP contribution in [0.4, 0.5) is 4.39 Å². The van der Waals surface area contributed by atoms with Gasteiger partial charge in [-0.3, -0.25) is 9.59 Å². The van der Waals surface area contributed by atoms with Gasteiger partial charge in [-0.2, -0.15) is 0 Å². The van der Waals surface area contributed by atoms with Gasteiger partial charge in [-0.1, -0.05) is 49.5 Å². The number of alkyl halides is 1. The highest BCUT2D eigenvalue weighted by Crippen LogP contribution is 2.27. The number of aryl methyl sites for hydroxylation is 2. The summed E-state index contributed by atoms with van der Waals surface area (Å²) in [6, 6.07) is 10.4. The average Bonchev–Trinajstić information content (AvgIpc) is 3.28. The Morgan fingerprint density at radius 3 is 2.56 bits per heavy atom. The van der Waals surface area contributed by atoms with E-state index < -0.39 is 26.3 Å². The fraction of sp³-hybridized carbons (Fsp3) is 0.467. The van der Waals surface area contributed by atoms with Gasteiger partial charge in [0.15, 0.2) is 6.17 Å². The number of imidazole rings is 1. The molecule has 3 aromatic rings. The van der Waals surface area contributed by atoms with Crippen molar-refractivity contribution in [1.29, 1.82) is 0 Å². The number of aromatic nitrogens is 3. The van der Waals surface area contributed by atoms with Crippen molar-refractivity contribution >= 4 is 19.9 Å². The van der Waals surface area contributed by atoms with E-state index in [2.05, 4.69) is 29.6 Å². The molecule has 0 radical (unpaired) electrons. The quantitative estimate of drug-likeness (QED) is 0.263. The molecule has 0 bridgehead atoms. The van der Waals surface area contributed by atoms with Crippen LogP contribution in [0.15, 0.2) is 42.7 Å². The first-order chi connectivity index (χ1) is 19.4. The number of pyridine rings is 1. The molecule has 1 aliphatic heterocycles. The highest BCUT2D eigenvalue weighted by molar-refractivity contribution is 6.76. The number of hydrogen-bond donors (Lipinski definition) is 1. The molecule has 1 fully saturated rings. The number of halogens is 1. The van der Waals surface area contributed by atoms with Gasteiger partial charge in [0.2, 0.25) is 11.8 Å². The Morgan fingerprint density at radius 1 is 1.17 bits per heavy atom. The third-order valence-corrected chi connectivity index (χ3v) is 8.89. The zero-order valence-electron chi connectivity index (χ0n) is 24.5. The molecule has 1 saturated heterocycles. The van der Waals surface area contributed by atoms with E-state index >= 15 is 4.39 Å². The Balaban J connectivity index is 1.39. The topological polar surface area (TPSA) is 113 Å². The summed E-state index contributed by atoms with van der Waals surface area (Å²) in [4.78, 5) is 35.5. The lowest BCUT2D eigenvalue weighted by atomic mass is 10.0. The normalized spacial score (nSPS) is 17.5. The van der Waals surface area contributed by atoms with Crippen LogP contribution in [0.25, 0.3) is 11.3 Å². The minimum atomic E-state index is -1.44. The molecule has 4 rings (SSSR count). The van der Waals surface area contributed by atoms with E-state index in [1.54, 1.807) is 6.07 Å². The Kier molecular flexibility index (Phi) is 9.59. The van der Waals surface area contributed by atoms with Crippen molar-refractivity contribution in [2.45, 2.75) is 71.4 Å². The molecule has 41 heavy (non-hydrogen) atoms. The number of carbonyl (C=O) groups excluding carboxylic acids is 2. The number of amides is 2. The Labute approximate surface area is 241 Å². The fourth-order valence-corrected chi connectivity index (χ4v) is 5.32. The van der Waals surface area contributed by atoms with E-state index in [4.69, 9.17) is 15.2 Å². The summed E-state index contributed by atoms with van der Waals surface area (Å²) in [5.74, 6) is -0.134. The van der Waals surface area contributed by atoms with Crippen molar-refractivity contribution in [3.05, 3.63) is 65.2 Å². The van der Waals surface area contributed by atoms with E-state index in [0.717, 1.165) is 23.0 Å². The molecule has 2 atom stereocenters. The van der Waals surface area contributed by atoms with E-state index in [-0.39, 0.29) is 36.7 Å². The van der Waals surface area contributed by atoms with Gasteiger partial charge in [0.1, 0.15) is 24.2 Å². The molecule has 1 aliphatic rings. The van der Waals surface area contributed by atoms with Gasteiger partial charge in [0, 0.05) is 45.6 Å². The second kappa shape index (κ2) is 12.9. The van der Waals surface area contributed by atoms with Crippen LogP contribution in [0.1, 0.15) is 33.7 Å². The second-order valence-corrected chi connectivity index (χ2v) is 17.5. The first-order valence-corrected chi connectivity index (χ1v) is 17.7. The number of hydrogen-bond acceptors (Lipinski definition) is 6. The van der Waals surface area contributed by atoms with Crippen molar-refractivity contribution in [3.63, 3.8) is 0 Å². The largest absolute Gasteiger partial charge is 0.471 e. The summed E-state index contributed by atoms with van der Waals surface area (Å²) in [5, 5.41) is 0. The number of nitrogens with zero attached hydrogens (tertiary/aromatic N) is 4. The summed E-state index contributed by atoms with van der Waals surface area (Å²) >= 11 is 0. The third-order valence-electron chi connectivity index (χ3n) is 7.19. The molecular weight excluding hydrogens is 541 g/mol. The molecule has 3 heterocycles. The van der Waals surface area contributed by atoms with Crippen LogP contribution < -0.4 is 10.5 Å². The molecule has 9 nitrogen and oxygen atoms in total. The predicted octanol–water partition coefficient (Wildman–Crippen LogP) is 4.53. The van der Waals surface area contributed by atoms with Gasteiger partial charge >= 0.3 is 0 Å². The van der Waals surface area contributed by atoms with Gasteiger partial charge < -0.3 is 24.7 Å². The zero-order chi connectivity index (χ0) is 29.7. The minimum Gasteiger partial charge on any atom is -0.471 e. The summed E-state index contributed by atoms with van der Waals surface area (Å²) in [7, 11) is -1.18. The number of carbonyl (C=O) groups is 2. The molecule has 0 unspecified atom stereocenters. The third kappa shape index (κ3) is 8.23. The predicted molar refractivity (Wildman–Crippen MR) is 158 cm³/mol. The van der Waals surface area contributed by atoms with Crippen molar-refractivity contribution in [2.75, 3.05) is 19.7 Å². The molecular formula is C30H40FN5O4Si. The Hall–Kier alpha value is -3.57. The molecule has 220 valence electrons. The van der Waals surface area contributed by atoms with E-state index in [1.165, 1.54) is 11.1 Å². The summed E-state index contributed by atoms with van der Waals surface area (Å²) in [6.45, 7) is 12.1. The summed E-state index contributed by atoms with van der Waals surface area (Å²) < 4.78 is 28.8.